The number of carbonyl (C=O) groups excluding carboxylic acids is 4. The Labute approximate surface area is 607 Å². The number of phosphoric ester groups is 2. The summed E-state index contributed by atoms with van der Waals surface area (Å²) in [6, 6.07) is 0. The highest BCUT2D eigenvalue weighted by molar-refractivity contribution is 7.47. The normalized spacial score (nSPS) is 14.3. The molecule has 6 atom stereocenters. The van der Waals surface area contributed by atoms with E-state index < -0.39 is 97.5 Å². The van der Waals surface area contributed by atoms with Gasteiger partial charge >= 0.3 is 39.5 Å². The fraction of sp³-hybridized carbons (Fsp3) is 0.950. The smallest absolute Gasteiger partial charge is 0.462 e. The van der Waals surface area contributed by atoms with Gasteiger partial charge in [0.1, 0.15) is 19.3 Å². The number of hydrogen-bond donors (Lipinski definition) is 3. The maximum atomic E-state index is 13.1. The van der Waals surface area contributed by atoms with Crippen molar-refractivity contribution in [3.8, 4) is 0 Å². The highest BCUT2D eigenvalue weighted by atomic mass is 31.2. The van der Waals surface area contributed by atoms with E-state index in [2.05, 4.69) is 48.5 Å². The Kier molecular flexibility index (Phi) is 69.0. The van der Waals surface area contributed by atoms with Crippen LogP contribution in [0.1, 0.15) is 414 Å². The first-order chi connectivity index (χ1) is 47.8. The Morgan fingerprint density at radius 2 is 0.515 bits per heavy atom. The lowest BCUT2D eigenvalue weighted by Crippen LogP contribution is -2.30. The van der Waals surface area contributed by atoms with Crippen molar-refractivity contribution in [1.29, 1.82) is 0 Å². The number of aliphatic hydroxyl groups is 1. The van der Waals surface area contributed by atoms with Gasteiger partial charge in [-0.1, -0.05) is 363 Å². The van der Waals surface area contributed by atoms with Gasteiger partial charge in [-0.25, -0.2) is 9.13 Å². The molecule has 0 radical (unpaired) electrons. The van der Waals surface area contributed by atoms with E-state index in [-0.39, 0.29) is 25.7 Å². The summed E-state index contributed by atoms with van der Waals surface area (Å²) < 4.78 is 68.7. The van der Waals surface area contributed by atoms with Crippen molar-refractivity contribution in [2.45, 2.75) is 433 Å². The summed E-state index contributed by atoms with van der Waals surface area (Å²) in [4.78, 5) is 73.0. The van der Waals surface area contributed by atoms with Gasteiger partial charge in [0.15, 0.2) is 12.2 Å². The lowest BCUT2D eigenvalue weighted by Gasteiger charge is -2.21. The van der Waals surface area contributed by atoms with E-state index in [4.69, 9.17) is 37.0 Å². The van der Waals surface area contributed by atoms with Crippen LogP contribution in [0.25, 0.3) is 0 Å². The molecular weight excluding hydrogens is 1290 g/mol. The van der Waals surface area contributed by atoms with Crippen LogP contribution in [0.3, 0.4) is 0 Å². The summed E-state index contributed by atoms with van der Waals surface area (Å²) in [5, 5.41) is 10.6. The molecule has 588 valence electrons. The Balaban J connectivity index is 5.25. The average molecular weight is 1450 g/mol. The van der Waals surface area contributed by atoms with Gasteiger partial charge < -0.3 is 33.8 Å². The van der Waals surface area contributed by atoms with E-state index >= 15 is 0 Å². The van der Waals surface area contributed by atoms with Crippen LogP contribution in [-0.4, -0.2) is 96.7 Å². The van der Waals surface area contributed by atoms with Gasteiger partial charge in [0.05, 0.1) is 26.4 Å². The van der Waals surface area contributed by atoms with Crippen molar-refractivity contribution >= 4 is 39.5 Å². The van der Waals surface area contributed by atoms with Crippen LogP contribution in [0, 0.1) is 17.8 Å². The summed E-state index contributed by atoms with van der Waals surface area (Å²) in [6.07, 6.45) is 58.3. The third-order valence-corrected chi connectivity index (χ3v) is 20.9. The third kappa shape index (κ3) is 72.8. The molecule has 0 spiro atoms. The van der Waals surface area contributed by atoms with Gasteiger partial charge in [-0.3, -0.25) is 37.3 Å². The van der Waals surface area contributed by atoms with Gasteiger partial charge in [-0.15, -0.1) is 0 Å². The van der Waals surface area contributed by atoms with Crippen LogP contribution in [0.15, 0.2) is 0 Å². The third-order valence-electron chi connectivity index (χ3n) is 19.0. The zero-order valence-corrected chi connectivity index (χ0v) is 66.8. The van der Waals surface area contributed by atoms with Crippen LogP contribution >= 0.6 is 15.6 Å². The van der Waals surface area contributed by atoms with Gasteiger partial charge in [0, 0.05) is 25.7 Å². The minimum atomic E-state index is -4.96. The highest BCUT2D eigenvalue weighted by Gasteiger charge is 2.30. The first-order valence-corrected chi connectivity index (χ1v) is 44.4. The molecule has 0 aromatic carbocycles. The summed E-state index contributed by atoms with van der Waals surface area (Å²) in [5.41, 5.74) is 0. The molecule has 0 amide bonds. The Bertz CT molecular complexity index is 1920. The molecule has 0 saturated carbocycles. The zero-order valence-electron chi connectivity index (χ0n) is 65.0. The number of carbonyl (C=O) groups is 4. The second-order valence-corrected chi connectivity index (χ2v) is 32.9. The van der Waals surface area contributed by atoms with Crippen molar-refractivity contribution in [2.24, 2.45) is 17.8 Å². The molecule has 19 heteroatoms. The molecule has 0 saturated heterocycles. The molecule has 3 N–H and O–H groups in total. The van der Waals surface area contributed by atoms with Crippen LogP contribution in [-0.2, 0) is 65.4 Å². The molecule has 17 nitrogen and oxygen atoms in total. The van der Waals surface area contributed by atoms with Crippen LogP contribution in [0.5, 0.6) is 0 Å². The quantitative estimate of drug-likeness (QED) is 0.0222. The zero-order chi connectivity index (χ0) is 73.0. The summed E-state index contributed by atoms with van der Waals surface area (Å²) >= 11 is 0. The number of esters is 4. The first kappa shape index (κ1) is 97.1. The molecule has 99 heavy (non-hydrogen) atoms. The SMILES string of the molecule is CCCCCCCCCCCCCCCCCCCCCC(=O)O[C@H](COC(=O)CCCCCCCCCCCCCCCC(C)C)COP(=O)(O)OC[C@@H](O)COP(=O)(O)OC[C@@H](COC(=O)CCCCCCCCCC(C)C)OC(=O)CCCCCCCCCCCCC(C)CC. The van der Waals surface area contributed by atoms with Crippen molar-refractivity contribution in [3.05, 3.63) is 0 Å². The number of hydrogen-bond acceptors (Lipinski definition) is 15. The topological polar surface area (TPSA) is 237 Å². The molecule has 0 aliphatic carbocycles. The molecular formula is C80H156O17P2. The lowest BCUT2D eigenvalue weighted by atomic mass is 9.99. The fourth-order valence-corrected chi connectivity index (χ4v) is 13.9. The van der Waals surface area contributed by atoms with Gasteiger partial charge in [-0.2, -0.15) is 0 Å². The van der Waals surface area contributed by atoms with Gasteiger partial charge in [-0.05, 0) is 43.4 Å². The average Bonchev–Trinajstić information content (AvgIpc) is 1.00. The number of phosphoric acid groups is 2. The van der Waals surface area contributed by atoms with E-state index in [0.717, 1.165) is 108 Å². The van der Waals surface area contributed by atoms with Gasteiger partial charge in [0.2, 0.25) is 0 Å². The van der Waals surface area contributed by atoms with Crippen LogP contribution < -0.4 is 0 Å². The highest BCUT2D eigenvalue weighted by Crippen LogP contribution is 2.45. The maximum Gasteiger partial charge on any atom is 0.472 e. The molecule has 0 heterocycles. The molecule has 0 aromatic heterocycles. The molecule has 0 rings (SSSR count). The number of unbranched alkanes of at least 4 members (excludes halogenated alkanes) is 45. The van der Waals surface area contributed by atoms with Crippen LogP contribution in [0.4, 0.5) is 0 Å². The first-order valence-electron chi connectivity index (χ1n) is 41.4. The van der Waals surface area contributed by atoms with Crippen molar-refractivity contribution in [2.75, 3.05) is 39.6 Å². The summed E-state index contributed by atoms with van der Waals surface area (Å²) in [6.45, 7) is 11.9. The predicted octanol–water partition coefficient (Wildman–Crippen LogP) is 23.7. The second-order valence-electron chi connectivity index (χ2n) is 30.0. The second kappa shape index (κ2) is 70.4. The molecule has 0 aliphatic heterocycles. The van der Waals surface area contributed by atoms with Crippen molar-refractivity contribution < 1.29 is 80.2 Å². The Morgan fingerprint density at radius 3 is 0.768 bits per heavy atom. The molecule has 0 bridgehead atoms. The van der Waals surface area contributed by atoms with Crippen molar-refractivity contribution in [1.82, 2.24) is 0 Å². The number of rotatable bonds is 78. The van der Waals surface area contributed by atoms with E-state index in [9.17, 15) is 43.2 Å². The Hall–Kier alpha value is -1.94. The Morgan fingerprint density at radius 1 is 0.293 bits per heavy atom. The van der Waals surface area contributed by atoms with Crippen molar-refractivity contribution in [3.63, 3.8) is 0 Å². The van der Waals surface area contributed by atoms with E-state index in [1.165, 1.54) is 218 Å². The minimum absolute atomic E-state index is 0.105. The number of ether oxygens (including phenoxy) is 4. The van der Waals surface area contributed by atoms with Gasteiger partial charge in [0.25, 0.3) is 0 Å². The fourth-order valence-electron chi connectivity index (χ4n) is 12.3. The number of aliphatic hydroxyl groups excluding tert-OH is 1. The summed E-state index contributed by atoms with van der Waals surface area (Å²) in [7, 11) is -9.92. The molecule has 3 unspecified atom stereocenters. The van der Waals surface area contributed by atoms with E-state index in [0.29, 0.717) is 31.6 Å². The largest absolute Gasteiger partial charge is 0.472 e. The van der Waals surface area contributed by atoms with E-state index in [1.807, 2.05) is 0 Å². The lowest BCUT2D eigenvalue weighted by molar-refractivity contribution is -0.161. The molecule has 0 fully saturated rings. The minimum Gasteiger partial charge on any atom is -0.462 e. The maximum absolute atomic E-state index is 13.1. The molecule has 0 aromatic rings. The summed E-state index contributed by atoms with van der Waals surface area (Å²) in [5.74, 6) is 0.186. The standard InChI is InChI=1S/C80H156O17P2/c1-8-10-11-12-13-14-15-16-17-18-19-20-21-24-28-34-41-49-56-63-79(84)96-75(67-90-77(82)61-54-47-40-33-27-25-22-23-26-31-37-44-51-58-71(3)4)69-94-98(86,87)92-65-74(81)66-93-99(88,89)95-70-76(68-91-78(83)62-55-48-43-36-38-45-52-59-72(5)6)97-80(85)64-57-50-42-35-30-29-32-39-46-53-60-73(7)9-2/h71-76,81H,8-70H2,1-7H3,(H,86,87)(H,88,89)/t73?,74-,75-,76-/m1/s1. The van der Waals surface area contributed by atoms with E-state index in [1.54, 1.807) is 0 Å². The van der Waals surface area contributed by atoms with Crippen LogP contribution in [0.2, 0.25) is 0 Å². The monoisotopic (exact) mass is 1450 g/mol. The predicted molar refractivity (Wildman–Crippen MR) is 405 cm³/mol. The molecule has 0 aliphatic rings.